The van der Waals surface area contributed by atoms with Gasteiger partial charge in [0, 0.05) is 0 Å². The highest BCUT2D eigenvalue weighted by Gasteiger charge is 2.05. The second-order valence-electron chi connectivity index (χ2n) is 5.30. The molecule has 0 saturated carbocycles. The van der Waals surface area contributed by atoms with Gasteiger partial charge in [-0.15, -0.1) is 0 Å². The predicted molar refractivity (Wildman–Crippen MR) is 98.7 cm³/mol. The molecule has 4 aromatic carbocycles. The summed E-state index contributed by atoms with van der Waals surface area (Å²) in [5.74, 6) is 0. The van der Waals surface area contributed by atoms with Crippen LogP contribution in [0, 0.1) is 0 Å². The van der Waals surface area contributed by atoms with E-state index in [9.17, 15) is 0 Å². The molecule has 0 nitrogen and oxygen atoms in total. The number of hydrogen-bond acceptors (Lipinski definition) is 0. The molecule has 0 aliphatic rings. The first-order valence-corrected chi connectivity index (χ1v) is 10.4. The molecule has 4 rings (SSSR count). The molecule has 0 aliphatic heterocycles. The van der Waals surface area contributed by atoms with Crippen molar-refractivity contribution in [3.63, 3.8) is 0 Å². The molecular weight excluding hydrogens is 296 g/mol. The van der Waals surface area contributed by atoms with Gasteiger partial charge in [0.2, 0.25) is 0 Å². The maximum atomic E-state index is 2.28. The minimum atomic E-state index is 0.827. The standard InChI is InChI=1S/C20H14Si2/c1-3-11-17-15(7-1)9-5-13-19(17)21-22-20-14-6-10-16-8-2-4-12-18(16)20/h1-14H. The summed E-state index contributed by atoms with van der Waals surface area (Å²) in [4.78, 5) is 0. The molecule has 0 aliphatic carbocycles. The lowest BCUT2D eigenvalue weighted by Gasteiger charge is -2.07. The molecule has 0 aromatic heterocycles. The highest BCUT2D eigenvalue weighted by Crippen LogP contribution is 2.11. The summed E-state index contributed by atoms with van der Waals surface area (Å²) in [6.07, 6.45) is 0. The van der Waals surface area contributed by atoms with E-state index < -0.39 is 0 Å². The molecule has 0 saturated heterocycles. The number of rotatable bonds is 3. The van der Waals surface area contributed by atoms with Gasteiger partial charge < -0.3 is 0 Å². The Balaban J connectivity index is 1.69. The number of fused-ring (bicyclic) bond motifs is 2. The van der Waals surface area contributed by atoms with Crippen molar-refractivity contribution >= 4 is 50.0 Å². The molecule has 0 heterocycles. The van der Waals surface area contributed by atoms with E-state index in [-0.39, 0.29) is 0 Å². The largest absolute Gasteiger partial charge is 0.0720 e. The Hall–Kier alpha value is -2.17. The Bertz CT molecular complexity index is 854. The topological polar surface area (TPSA) is 0 Å². The van der Waals surface area contributed by atoms with E-state index in [2.05, 4.69) is 84.9 Å². The minimum absolute atomic E-state index is 0.827. The predicted octanol–water partition coefficient (Wildman–Crippen LogP) is 3.27. The van der Waals surface area contributed by atoms with Gasteiger partial charge in [-0.1, -0.05) is 95.3 Å². The number of benzene rings is 4. The first-order valence-electron chi connectivity index (χ1n) is 7.39. The zero-order valence-corrected chi connectivity index (χ0v) is 14.1. The van der Waals surface area contributed by atoms with Crippen molar-refractivity contribution in [2.45, 2.75) is 0 Å². The summed E-state index contributed by atoms with van der Waals surface area (Å²) in [7, 11) is 1.65. The van der Waals surface area contributed by atoms with E-state index in [0.29, 0.717) is 0 Å². The third kappa shape index (κ3) is 2.51. The van der Waals surface area contributed by atoms with Crippen molar-refractivity contribution in [3.05, 3.63) is 84.9 Å². The van der Waals surface area contributed by atoms with Gasteiger partial charge in [-0.25, -0.2) is 0 Å². The Labute approximate surface area is 135 Å². The average molecular weight is 311 g/mol. The SMILES string of the molecule is c1ccc2c([Si][Si]c3cccc4ccccc34)cccc2c1. The zero-order valence-electron chi connectivity index (χ0n) is 12.1. The quantitative estimate of drug-likeness (QED) is 0.510. The van der Waals surface area contributed by atoms with Crippen LogP contribution < -0.4 is 10.4 Å². The van der Waals surface area contributed by atoms with Crippen molar-refractivity contribution in [2.24, 2.45) is 0 Å². The molecule has 2 heteroatoms. The fourth-order valence-corrected chi connectivity index (χ4v) is 6.27. The maximum absolute atomic E-state index is 2.28. The summed E-state index contributed by atoms with van der Waals surface area (Å²) >= 11 is 0. The van der Waals surface area contributed by atoms with Gasteiger partial charge in [0.1, 0.15) is 0 Å². The fraction of sp³-hybridized carbons (Fsp3) is 0. The van der Waals surface area contributed by atoms with E-state index in [1.807, 2.05) is 0 Å². The third-order valence-corrected chi connectivity index (χ3v) is 7.44. The molecule has 0 unspecified atom stereocenters. The van der Waals surface area contributed by atoms with Gasteiger partial charge in [-0.2, -0.15) is 0 Å². The monoisotopic (exact) mass is 310 g/mol. The molecule has 4 aromatic rings. The van der Waals surface area contributed by atoms with E-state index in [0.717, 1.165) is 18.1 Å². The van der Waals surface area contributed by atoms with E-state index in [1.54, 1.807) is 0 Å². The van der Waals surface area contributed by atoms with Gasteiger partial charge in [-0.05, 0) is 21.5 Å². The summed E-state index contributed by atoms with van der Waals surface area (Å²) in [6, 6.07) is 30.7. The van der Waals surface area contributed by atoms with Crippen LogP contribution in [-0.4, -0.2) is 18.1 Å². The molecule has 0 N–H and O–H groups in total. The van der Waals surface area contributed by atoms with Crippen molar-refractivity contribution in [3.8, 4) is 0 Å². The van der Waals surface area contributed by atoms with Gasteiger partial charge in [0.15, 0.2) is 0 Å². The molecule has 0 spiro atoms. The normalized spacial score (nSPS) is 11.1. The molecule has 0 fully saturated rings. The fourth-order valence-electron chi connectivity index (χ4n) is 2.80. The zero-order chi connectivity index (χ0) is 14.8. The van der Waals surface area contributed by atoms with Crippen LogP contribution in [0.15, 0.2) is 84.9 Å². The van der Waals surface area contributed by atoms with Crippen LogP contribution in [0.4, 0.5) is 0 Å². The lowest BCUT2D eigenvalue weighted by Crippen LogP contribution is -2.30. The molecule has 4 radical (unpaired) electrons. The second-order valence-corrected chi connectivity index (χ2v) is 8.38. The average Bonchev–Trinajstić information content (AvgIpc) is 2.60. The van der Waals surface area contributed by atoms with Crippen LogP contribution in [0.5, 0.6) is 0 Å². The lowest BCUT2D eigenvalue weighted by molar-refractivity contribution is 1.78. The van der Waals surface area contributed by atoms with E-state index >= 15 is 0 Å². The van der Waals surface area contributed by atoms with E-state index in [1.165, 1.54) is 31.9 Å². The van der Waals surface area contributed by atoms with Gasteiger partial charge in [0.25, 0.3) is 0 Å². The number of hydrogen-bond donors (Lipinski definition) is 0. The summed E-state index contributed by atoms with van der Waals surface area (Å²) in [6.45, 7) is 0. The van der Waals surface area contributed by atoms with E-state index in [4.69, 9.17) is 0 Å². The molecule has 0 bridgehead atoms. The van der Waals surface area contributed by atoms with Crippen molar-refractivity contribution in [2.75, 3.05) is 0 Å². The summed E-state index contributed by atoms with van der Waals surface area (Å²) in [5.41, 5.74) is 0. The van der Waals surface area contributed by atoms with Crippen molar-refractivity contribution in [1.29, 1.82) is 0 Å². The summed E-state index contributed by atoms with van der Waals surface area (Å²) in [5, 5.41) is 8.44. The smallest absolute Gasteiger partial charge is 0.0632 e. The molecule has 102 valence electrons. The Morgan fingerprint density at radius 3 is 1.32 bits per heavy atom. The van der Waals surface area contributed by atoms with Crippen molar-refractivity contribution < 1.29 is 0 Å². The van der Waals surface area contributed by atoms with Crippen LogP contribution in [-0.2, 0) is 0 Å². The summed E-state index contributed by atoms with van der Waals surface area (Å²) < 4.78 is 0. The molecule has 22 heavy (non-hydrogen) atoms. The first kappa shape index (κ1) is 13.5. The maximum Gasteiger partial charge on any atom is 0.0720 e. The van der Waals surface area contributed by atoms with Crippen LogP contribution in [0.2, 0.25) is 0 Å². The van der Waals surface area contributed by atoms with Crippen LogP contribution in [0.3, 0.4) is 0 Å². The van der Waals surface area contributed by atoms with Gasteiger partial charge in [-0.3, -0.25) is 0 Å². The van der Waals surface area contributed by atoms with Crippen LogP contribution in [0.1, 0.15) is 0 Å². The Morgan fingerprint density at radius 1 is 0.409 bits per heavy atom. The molecule has 0 atom stereocenters. The lowest BCUT2D eigenvalue weighted by atomic mass is 10.1. The van der Waals surface area contributed by atoms with Gasteiger partial charge in [0.05, 0.1) is 18.1 Å². The minimum Gasteiger partial charge on any atom is -0.0632 e. The molecular formula is C20H14Si2. The highest BCUT2D eigenvalue weighted by atomic mass is 29.1. The second kappa shape index (κ2) is 5.91. The third-order valence-electron chi connectivity index (χ3n) is 3.91. The van der Waals surface area contributed by atoms with Crippen LogP contribution in [0.25, 0.3) is 21.5 Å². The van der Waals surface area contributed by atoms with Gasteiger partial charge >= 0.3 is 0 Å². The Morgan fingerprint density at radius 2 is 0.818 bits per heavy atom. The van der Waals surface area contributed by atoms with Crippen molar-refractivity contribution in [1.82, 2.24) is 0 Å². The van der Waals surface area contributed by atoms with Crippen LogP contribution >= 0.6 is 0 Å². The highest BCUT2D eigenvalue weighted by molar-refractivity contribution is 7.14. The molecule has 0 amide bonds. The first-order chi connectivity index (χ1) is 10.9. The Kier molecular flexibility index (Phi) is 3.63.